The molecule has 0 fully saturated rings. The third kappa shape index (κ3) is 3.30. The van der Waals surface area contributed by atoms with E-state index in [0.29, 0.717) is 5.92 Å². The summed E-state index contributed by atoms with van der Waals surface area (Å²) < 4.78 is 5.78. The summed E-state index contributed by atoms with van der Waals surface area (Å²) in [7, 11) is 1.66. The van der Waals surface area contributed by atoms with Crippen molar-refractivity contribution in [2.45, 2.75) is 32.3 Å². The molecule has 3 nitrogen and oxygen atoms in total. The van der Waals surface area contributed by atoms with Crippen LogP contribution in [-0.2, 0) is 21.6 Å². The molecule has 1 atom stereocenters. The minimum atomic E-state index is -0.843. The molecule has 2 rings (SSSR count). The lowest BCUT2D eigenvalue weighted by atomic mass is 9.82. The highest BCUT2D eigenvalue weighted by atomic mass is 16.5. The maximum absolute atomic E-state index is 11.1. The standard InChI is InChI=1S/C19H24O3/c1-4-14(2)13-16-7-5-6-8-17(16)19(22-3)11-9-15(10-12-19)18(20)21/h5-12,14-15H,4,13H2,1-3H3,(H,20,21)/t14-,15?,19?/m0/s1. The van der Waals surface area contributed by atoms with Crippen molar-refractivity contribution in [3.63, 3.8) is 0 Å². The Labute approximate surface area is 132 Å². The molecule has 1 aliphatic rings. The first-order valence-corrected chi connectivity index (χ1v) is 7.77. The summed E-state index contributed by atoms with van der Waals surface area (Å²) in [6.07, 6.45) is 9.24. The van der Waals surface area contributed by atoms with Gasteiger partial charge in [0.25, 0.3) is 0 Å². The summed E-state index contributed by atoms with van der Waals surface area (Å²) in [5.41, 5.74) is 1.67. The van der Waals surface area contributed by atoms with Gasteiger partial charge in [0, 0.05) is 7.11 Å². The predicted molar refractivity (Wildman–Crippen MR) is 87.7 cm³/mol. The molecule has 0 saturated heterocycles. The highest BCUT2D eigenvalue weighted by Crippen LogP contribution is 2.35. The lowest BCUT2D eigenvalue weighted by Crippen LogP contribution is -2.29. The van der Waals surface area contributed by atoms with Crippen LogP contribution in [0.4, 0.5) is 0 Å². The van der Waals surface area contributed by atoms with E-state index in [0.717, 1.165) is 18.4 Å². The molecule has 0 bridgehead atoms. The van der Waals surface area contributed by atoms with Crippen LogP contribution in [0.15, 0.2) is 48.6 Å². The average Bonchev–Trinajstić information content (AvgIpc) is 2.55. The number of carboxylic acids is 1. The number of aliphatic carboxylic acids is 1. The van der Waals surface area contributed by atoms with E-state index in [1.165, 1.54) is 5.56 Å². The van der Waals surface area contributed by atoms with Crippen molar-refractivity contribution in [3.8, 4) is 0 Å². The van der Waals surface area contributed by atoms with Gasteiger partial charge in [-0.05, 0) is 35.6 Å². The van der Waals surface area contributed by atoms with Crippen LogP contribution in [-0.4, -0.2) is 18.2 Å². The molecule has 0 radical (unpaired) electrons. The summed E-state index contributed by atoms with van der Waals surface area (Å²) in [6, 6.07) is 8.24. The van der Waals surface area contributed by atoms with Crippen LogP contribution in [0.3, 0.4) is 0 Å². The van der Waals surface area contributed by atoms with Gasteiger partial charge in [-0.1, -0.05) is 56.7 Å². The summed E-state index contributed by atoms with van der Waals surface area (Å²) in [6.45, 7) is 4.43. The van der Waals surface area contributed by atoms with Gasteiger partial charge in [0.2, 0.25) is 0 Å². The van der Waals surface area contributed by atoms with Crippen molar-refractivity contribution in [1.29, 1.82) is 0 Å². The van der Waals surface area contributed by atoms with E-state index in [9.17, 15) is 4.79 Å². The maximum Gasteiger partial charge on any atom is 0.314 e. The zero-order valence-electron chi connectivity index (χ0n) is 13.5. The van der Waals surface area contributed by atoms with Crippen molar-refractivity contribution in [3.05, 3.63) is 59.7 Å². The van der Waals surface area contributed by atoms with E-state index < -0.39 is 17.5 Å². The van der Waals surface area contributed by atoms with Crippen LogP contribution < -0.4 is 0 Å². The topological polar surface area (TPSA) is 46.5 Å². The SMILES string of the molecule is CC[C@H](C)Cc1ccccc1C1(OC)C=CC(C(=O)O)C=C1. The largest absolute Gasteiger partial charge is 0.481 e. The third-order valence-corrected chi connectivity index (χ3v) is 4.43. The van der Waals surface area contributed by atoms with Crippen molar-refractivity contribution < 1.29 is 14.6 Å². The van der Waals surface area contributed by atoms with Crippen molar-refractivity contribution in [2.75, 3.05) is 7.11 Å². The Balaban J connectivity index is 2.39. The van der Waals surface area contributed by atoms with Crippen molar-refractivity contribution >= 4 is 5.97 Å². The molecule has 0 spiro atoms. The highest BCUT2D eigenvalue weighted by Gasteiger charge is 2.32. The van der Waals surface area contributed by atoms with Gasteiger partial charge in [-0.3, -0.25) is 4.79 Å². The zero-order chi connectivity index (χ0) is 16.2. The minimum Gasteiger partial charge on any atom is -0.481 e. The molecule has 1 aromatic carbocycles. The van der Waals surface area contributed by atoms with Crippen LogP contribution >= 0.6 is 0 Å². The van der Waals surface area contributed by atoms with Crippen molar-refractivity contribution in [1.82, 2.24) is 0 Å². The van der Waals surface area contributed by atoms with Gasteiger partial charge in [0.15, 0.2) is 0 Å². The normalized spacial score (nSPS) is 25.1. The van der Waals surface area contributed by atoms with Crippen LogP contribution in [0.2, 0.25) is 0 Å². The number of carbonyl (C=O) groups is 1. The summed E-state index contributed by atoms with van der Waals surface area (Å²) in [5, 5.41) is 9.11. The monoisotopic (exact) mass is 300 g/mol. The second kappa shape index (κ2) is 6.93. The van der Waals surface area contributed by atoms with Gasteiger partial charge in [0.05, 0.1) is 5.92 Å². The van der Waals surface area contributed by atoms with Gasteiger partial charge in [-0.25, -0.2) is 0 Å². The number of carboxylic acid groups (broad SMARTS) is 1. The maximum atomic E-state index is 11.1. The molecule has 0 saturated carbocycles. The van der Waals surface area contributed by atoms with Crippen molar-refractivity contribution in [2.24, 2.45) is 11.8 Å². The second-order valence-corrected chi connectivity index (χ2v) is 5.95. The lowest BCUT2D eigenvalue weighted by molar-refractivity contribution is -0.138. The number of hydrogen-bond donors (Lipinski definition) is 1. The molecule has 0 aliphatic heterocycles. The summed E-state index contributed by atoms with van der Waals surface area (Å²) in [5.74, 6) is -0.825. The minimum absolute atomic E-state index is 0.579. The van der Waals surface area contributed by atoms with E-state index in [1.807, 2.05) is 24.3 Å². The predicted octanol–water partition coefficient (Wildman–Crippen LogP) is 3.94. The van der Waals surface area contributed by atoms with Crippen LogP contribution in [0, 0.1) is 11.8 Å². The first-order valence-electron chi connectivity index (χ1n) is 7.77. The number of benzene rings is 1. The van der Waals surface area contributed by atoms with Gasteiger partial charge in [0.1, 0.15) is 5.60 Å². The van der Waals surface area contributed by atoms with Gasteiger partial charge < -0.3 is 9.84 Å². The average molecular weight is 300 g/mol. The Kier molecular flexibility index (Phi) is 5.19. The molecule has 1 aliphatic carbocycles. The number of methoxy groups -OCH3 is 1. The lowest BCUT2D eigenvalue weighted by Gasteiger charge is -2.32. The molecule has 0 aromatic heterocycles. The molecule has 22 heavy (non-hydrogen) atoms. The van der Waals surface area contributed by atoms with Crippen LogP contribution in [0.1, 0.15) is 31.4 Å². The van der Waals surface area contributed by atoms with Gasteiger partial charge in [-0.15, -0.1) is 0 Å². The fraction of sp³-hybridized carbons (Fsp3) is 0.421. The van der Waals surface area contributed by atoms with E-state index in [1.54, 1.807) is 19.3 Å². The first-order chi connectivity index (χ1) is 10.5. The molecule has 0 heterocycles. The fourth-order valence-corrected chi connectivity index (χ4v) is 2.80. The third-order valence-electron chi connectivity index (χ3n) is 4.43. The highest BCUT2D eigenvalue weighted by molar-refractivity contribution is 5.75. The summed E-state index contributed by atoms with van der Waals surface area (Å²) in [4.78, 5) is 11.1. The van der Waals surface area contributed by atoms with E-state index in [-0.39, 0.29) is 0 Å². The molecule has 1 aromatic rings. The molecule has 0 unspecified atom stereocenters. The molecular formula is C19H24O3. The quantitative estimate of drug-likeness (QED) is 0.809. The molecule has 118 valence electrons. The van der Waals surface area contributed by atoms with Gasteiger partial charge >= 0.3 is 5.97 Å². The number of ether oxygens (including phenoxy) is 1. The number of rotatable bonds is 6. The molecule has 3 heteroatoms. The Morgan fingerprint density at radius 2 is 1.95 bits per heavy atom. The smallest absolute Gasteiger partial charge is 0.314 e. The molecular weight excluding hydrogens is 276 g/mol. The Morgan fingerprint density at radius 1 is 1.32 bits per heavy atom. The number of hydrogen-bond acceptors (Lipinski definition) is 2. The molecule has 0 amide bonds. The summed E-state index contributed by atoms with van der Waals surface area (Å²) >= 11 is 0. The van der Waals surface area contributed by atoms with E-state index in [2.05, 4.69) is 26.0 Å². The molecule has 1 N–H and O–H groups in total. The van der Waals surface area contributed by atoms with Crippen LogP contribution in [0.25, 0.3) is 0 Å². The van der Waals surface area contributed by atoms with Crippen LogP contribution in [0.5, 0.6) is 0 Å². The van der Waals surface area contributed by atoms with E-state index in [4.69, 9.17) is 9.84 Å². The second-order valence-electron chi connectivity index (χ2n) is 5.95. The fourth-order valence-electron chi connectivity index (χ4n) is 2.80. The van der Waals surface area contributed by atoms with Gasteiger partial charge in [-0.2, -0.15) is 0 Å². The Morgan fingerprint density at radius 3 is 2.50 bits per heavy atom. The Hall–Kier alpha value is -1.87. The first kappa shape index (κ1) is 16.5. The zero-order valence-corrected chi connectivity index (χ0v) is 13.5. The van der Waals surface area contributed by atoms with E-state index >= 15 is 0 Å². The Bertz CT molecular complexity index is 572.